The molecule has 0 saturated heterocycles. The zero-order chi connectivity index (χ0) is 13.5. The second-order valence-corrected chi connectivity index (χ2v) is 5.87. The normalized spacial score (nSPS) is 11.0. The fourth-order valence-electron chi connectivity index (χ4n) is 1.84. The van der Waals surface area contributed by atoms with Gasteiger partial charge in [-0.25, -0.2) is 0 Å². The summed E-state index contributed by atoms with van der Waals surface area (Å²) in [7, 11) is 1.74. The molecule has 4 heteroatoms. The topological polar surface area (TPSA) is 12.5 Å². The highest BCUT2D eigenvalue weighted by Gasteiger charge is 2.12. The standard InChI is InChI=1S/C14H21BrClNO/c1-11(2)10-17(6-7-18-3)14-5-4-12(9-16)8-13(14)15/h4-5,8,11H,6-7,9-10H2,1-3H3. The van der Waals surface area contributed by atoms with Gasteiger partial charge in [-0.2, -0.15) is 0 Å². The third-order valence-electron chi connectivity index (χ3n) is 2.66. The Morgan fingerprint density at radius 2 is 2.11 bits per heavy atom. The molecular formula is C14H21BrClNO. The lowest BCUT2D eigenvalue weighted by Crippen LogP contribution is -2.31. The summed E-state index contributed by atoms with van der Waals surface area (Å²) in [6, 6.07) is 6.29. The quantitative estimate of drug-likeness (QED) is 0.689. The van der Waals surface area contributed by atoms with Gasteiger partial charge in [0.1, 0.15) is 0 Å². The Hall–Kier alpha value is -0.250. The van der Waals surface area contributed by atoms with Gasteiger partial charge in [-0.3, -0.25) is 0 Å². The van der Waals surface area contributed by atoms with E-state index in [1.807, 2.05) is 0 Å². The molecule has 0 aliphatic rings. The molecule has 0 radical (unpaired) electrons. The summed E-state index contributed by atoms with van der Waals surface area (Å²) >= 11 is 9.47. The summed E-state index contributed by atoms with van der Waals surface area (Å²) in [5.41, 5.74) is 2.33. The Labute approximate surface area is 123 Å². The van der Waals surface area contributed by atoms with Gasteiger partial charge in [-0.1, -0.05) is 19.9 Å². The number of nitrogens with zero attached hydrogens (tertiary/aromatic N) is 1. The van der Waals surface area contributed by atoms with Crippen LogP contribution in [0.3, 0.4) is 0 Å². The minimum atomic E-state index is 0.543. The van der Waals surface area contributed by atoms with Crippen molar-refractivity contribution in [3.8, 4) is 0 Å². The van der Waals surface area contributed by atoms with E-state index >= 15 is 0 Å². The second-order valence-electron chi connectivity index (χ2n) is 4.75. The van der Waals surface area contributed by atoms with E-state index in [1.165, 1.54) is 5.69 Å². The molecule has 0 amide bonds. The molecule has 0 unspecified atom stereocenters. The first-order valence-corrected chi connectivity index (χ1v) is 7.49. The largest absolute Gasteiger partial charge is 0.383 e. The zero-order valence-corrected chi connectivity index (χ0v) is 13.6. The minimum Gasteiger partial charge on any atom is -0.383 e. The number of hydrogen-bond acceptors (Lipinski definition) is 2. The van der Waals surface area contributed by atoms with Crippen molar-refractivity contribution in [1.29, 1.82) is 0 Å². The van der Waals surface area contributed by atoms with E-state index in [-0.39, 0.29) is 0 Å². The summed E-state index contributed by atoms with van der Waals surface area (Å²) in [5.74, 6) is 1.16. The van der Waals surface area contributed by atoms with E-state index in [1.54, 1.807) is 7.11 Å². The maximum Gasteiger partial charge on any atom is 0.0637 e. The lowest BCUT2D eigenvalue weighted by molar-refractivity contribution is 0.204. The summed E-state index contributed by atoms with van der Waals surface area (Å²) < 4.78 is 6.28. The van der Waals surface area contributed by atoms with Gasteiger partial charge in [-0.05, 0) is 39.5 Å². The maximum atomic E-state index is 5.84. The lowest BCUT2D eigenvalue weighted by Gasteiger charge is -2.27. The molecule has 0 bridgehead atoms. The van der Waals surface area contributed by atoms with Gasteiger partial charge >= 0.3 is 0 Å². The van der Waals surface area contributed by atoms with Crippen LogP contribution < -0.4 is 4.90 Å². The summed E-state index contributed by atoms with van der Waals surface area (Å²) in [6.45, 7) is 7.09. The summed E-state index contributed by atoms with van der Waals surface area (Å²) in [6.07, 6.45) is 0. The van der Waals surface area contributed by atoms with Crippen LogP contribution in [-0.4, -0.2) is 26.8 Å². The van der Waals surface area contributed by atoms with Crippen molar-refractivity contribution in [1.82, 2.24) is 0 Å². The molecule has 0 fully saturated rings. The molecule has 0 saturated carbocycles. The molecule has 102 valence electrons. The van der Waals surface area contributed by atoms with Gasteiger partial charge < -0.3 is 9.64 Å². The predicted octanol–water partition coefficient (Wildman–Crippen LogP) is 4.30. The molecule has 0 aliphatic heterocycles. The monoisotopic (exact) mass is 333 g/mol. The van der Waals surface area contributed by atoms with Crippen LogP contribution in [-0.2, 0) is 10.6 Å². The number of rotatable bonds is 7. The van der Waals surface area contributed by atoms with Gasteiger partial charge in [0.05, 0.1) is 12.3 Å². The average molecular weight is 335 g/mol. The van der Waals surface area contributed by atoms with Crippen molar-refractivity contribution in [2.45, 2.75) is 19.7 Å². The Kier molecular flexibility index (Phi) is 7.05. The van der Waals surface area contributed by atoms with Crippen molar-refractivity contribution in [3.63, 3.8) is 0 Å². The van der Waals surface area contributed by atoms with Crippen LogP contribution >= 0.6 is 27.5 Å². The Morgan fingerprint density at radius 3 is 2.61 bits per heavy atom. The molecule has 0 heterocycles. The van der Waals surface area contributed by atoms with Crippen LogP contribution in [0.2, 0.25) is 0 Å². The number of alkyl halides is 1. The number of ether oxygens (including phenoxy) is 1. The van der Waals surface area contributed by atoms with Crippen molar-refractivity contribution in [3.05, 3.63) is 28.2 Å². The number of benzene rings is 1. The van der Waals surface area contributed by atoms with Crippen molar-refractivity contribution in [2.24, 2.45) is 5.92 Å². The number of hydrogen-bond donors (Lipinski definition) is 0. The van der Waals surface area contributed by atoms with Crippen molar-refractivity contribution < 1.29 is 4.74 Å². The molecule has 1 rings (SSSR count). The van der Waals surface area contributed by atoms with Crippen molar-refractivity contribution in [2.75, 3.05) is 31.7 Å². The lowest BCUT2D eigenvalue weighted by atomic mass is 10.1. The highest BCUT2D eigenvalue weighted by Crippen LogP contribution is 2.28. The number of halogens is 2. The van der Waals surface area contributed by atoms with Crippen LogP contribution in [0.25, 0.3) is 0 Å². The first kappa shape index (κ1) is 15.8. The third kappa shape index (κ3) is 4.79. The second kappa shape index (κ2) is 8.03. The zero-order valence-electron chi connectivity index (χ0n) is 11.2. The minimum absolute atomic E-state index is 0.543. The average Bonchev–Trinajstić information content (AvgIpc) is 2.34. The fraction of sp³-hybridized carbons (Fsp3) is 0.571. The van der Waals surface area contributed by atoms with Crippen LogP contribution in [0.15, 0.2) is 22.7 Å². The predicted molar refractivity (Wildman–Crippen MR) is 82.6 cm³/mol. The van der Waals surface area contributed by atoms with E-state index < -0.39 is 0 Å². The van der Waals surface area contributed by atoms with E-state index in [0.29, 0.717) is 11.8 Å². The Morgan fingerprint density at radius 1 is 1.39 bits per heavy atom. The van der Waals surface area contributed by atoms with Crippen LogP contribution in [0.1, 0.15) is 19.4 Å². The van der Waals surface area contributed by atoms with Crippen LogP contribution in [0.4, 0.5) is 5.69 Å². The van der Waals surface area contributed by atoms with E-state index in [4.69, 9.17) is 16.3 Å². The maximum absolute atomic E-state index is 5.84. The van der Waals surface area contributed by atoms with Gasteiger partial charge in [0.25, 0.3) is 0 Å². The van der Waals surface area contributed by atoms with Gasteiger partial charge in [0, 0.05) is 30.6 Å². The smallest absolute Gasteiger partial charge is 0.0637 e. The number of anilines is 1. The van der Waals surface area contributed by atoms with Crippen molar-refractivity contribution >= 4 is 33.2 Å². The molecular weight excluding hydrogens is 314 g/mol. The Bertz CT molecular complexity index is 371. The molecule has 1 aromatic rings. The van der Waals surface area contributed by atoms with E-state index in [0.717, 1.165) is 29.7 Å². The van der Waals surface area contributed by atoms with E-state index in [2.05, 4.69) is 52.9 Å². The molecule has 0 N–H and O–H groups in total. The third-order valence-corrected chi connectivity index (χ3v) is 3.60. The fourth-order valence-corrected chi connectivity index (χ4v) is 2.69. The highest BCUT2D eigenvalue weighted by atomic mass is 79.9. The number of methoxy groups -OCH3 is 1. The molecule has 0 aromatic heterocycles. The van der Waals surface area contributed by atoms with Gasteiger partial charge in [0.15, 0.2) is 0 Å². The molecule has 2 nitrogen and oxygen atoms in total. The molecule has 0 aliphatic carbocycles. The molecule has 0 atom stereocenters. The highest BCUT2D eigenvalue weighted by molar-refractivity contribution is 9.10. The first-order valence-electron chi connectivity index (χ1n) is 6.16. The first-order chi connectivity index (χ1) is 8.58. The van der Waals surface area contributed by atoms with Gasteiger partial charge in [-0.15, -0.1) is 11.6 Å². The summed E-state index contributed by atoms with van der Waals surface area (Å²) in [4.78, 5) is 2.34. The molecule has 0 spiro atoms. The van der Waals surface area contributed by atoms with Crippen LogP contribution in [0.5, 0.6) is 0 Å². The summed E-state index contributed by atoms with van der Waals surface area (Å²) in [5, 5.41) is 0. The van der Waals surface area contributed by atoms with Crippen LogP contribution in [0, 0.1) is 5.92 Å². The SMILES string of the molecule is COCCN(CC(C)C)c1ccc(CCl)cc1Br. The Balaban J connectivity index is 2.89. The molecule has 1 aromatic carbocycles. The van der Waals surface area contributed by atoms with E-state index in [9.17, 15) is 0 Å². The molecule has 18 heavy (non-hydrogen) atoms. The van der Waals surface area contributed by atoms with Gasteiger partial charge in [0.2, 0.25) is 0 Å².